The van der Waals surface area contributed by atoms with Gasteiger partial charge in [-0.25, -0.2) is 5.01 Å². The average molecular weight is 284 g/mol. The van der Waals surface area contributed by atoms with Gasteiger partial charge in [0.2, 0.25) is 0 Å². The SMILES string of the molecule is COc1c(Cl)cccc1C1=NN(C(N)=S)CC1C. The molecule has 6 heteroatoms. The number of nitrogens with zero attached hydrogens (tertiary/aromatic N) is 2. The first-order chi connectivity index (χ1) is 8.54. The summed E-state index contributed by atoms with van der Waals surface area (Å²) >= 11 is 11.0. The number of thiocarbonyl (C=S) groups is 1. The maximum Gasteiger partial charge on any atom is 0.186 e. The van der Waals surface area contributed by atoms with Crippen LogP contribution in [0.5, 0.6) is 5.75 Å². The first kappa shape index (κ1) is 13.1. The molecule has 0 amide bonds. The van der Waals surface area contributed by atoms with Crippen molar-refractivity contribution in [2.24, 2.45) is 16.8 Å². The third-order valence-corrected chi connectivity index (χ3v) is 3.35. The lowest BCUT2D eigenvalue weighted by molar-refractivity contribution is 0.414. The molecule has 1 heterocycles. The van der Waals surface area contributed by atoms with Gasteiger partial charge in [0.05, 0.1) is 24.4 Å². The van der Waals surface area contributed by atoms with Crippen molar-refractivity contribution in [2.75, 3.05) is 13.7 Å². The van der Waals surface area contributed by atoms with Gasteiger partial charge < -0.3 is 10.5 Å². The number of hydrogen-bond donors (Lipinski definition) is 1. The lowest BCUT2D eigenvalue weighted by Crippen LogP contribution is -2.30. The standard InChI is InChI=1S/C12H14ClN3OS/c1-7-6-16(12(14)18)15-10(7)8-4-3-5-9(13)11(8)17-2/h3-5,7H,6H2,1-2H3,(H2,14,18). The third kappa shape index (κ3) is 2.28. The largest absolute Gasteiger partial charge is 0.494 e. The molecule has 2 N–H and O–H groups in total. The molecule has 1 aromatic carbocycles. The number of hydrazone groups is 1. The van der Waals surface area contributed by atoms with E-state index in [2.05, 4.69) is 12.0 Å². The van der Waals surface area contributed by atoms with E-state index in [1.54, 1.807) is 18.2 Å². The topological polar surface area (TPSA) is 50.8 Å². The molecule has 0 bridgehead atoms. The van der Waals surface area contributed by atoms with Crippen molar-refractivity contribution >= 4 is 34.6 Å². The Labute approximate surface area is 116 Å². The van der Waals surface area contributed by atoms with Crippen LogP contribution in [-0.2, 0) is 0 Å². The second-order valence-corrected chi connectivity index (χ2v) is 4.95. The van der Waals surface area contributed by atoms with Gasteiger partial charge in [-0.15, -0.1) is 0 Å². The highest BCUT2D eigenvalue weighted by Gasteiger charge is 2.27. The molecule has 18 heavy (non-hydrogen) atoms. The number of hydrogen-bond acceptors (Lipinski definition) is 3. The van der Waals surface area contributed by atoms with Crippen LogP contribution in [0.3, 0.4) is 0 Å². The lowest BCUT2D eigenvalue weighted by atomic mass is 9.98. The van der Waals surface area contributed by atoms with Crippen LogP contribution in [-0.4, -0.2) is 29.5 Å². The fourth-order valence-corrected chi connectivity index (χ4v) is 2.36. The highest BCUT2D eigenvalue weighted by Crippen LogP contribution is 2.32. The van der Waals surface area contributed by atoms with Crippen LogP contribution in [0.2, 0.25) is 5.02 Å². The van der Waals surface area contributed by atoms with Crippen molar-refractivity contribution in [1.29, 1.82) is 0 Å². The van der Waals surface area contributed by atoms with Crippen molar-refractivity contribution in [3.63, 3.8) is 0 Å². The number of para-hydroxylation sites is 1. The van der Waals surface area contributed by atoms with Gasteiger partial charge in [0, 0.05) is 11.5 Å². The minimum absolute atomic E-state index is 0.221. The Bertz CT molecular complexity index is 518. The van der Waals surface area contributed by atoms with Crippen LogP contribution < -0.4 is 10.5 Å². The Kier molecular flexibility index (Phi) is 3.73. The Morgan fingerprint density at radius 2 is 2.33 bits per heavy atom. The molecule has 0 fully saturated rings. The molecule has 0 radical (unpaired) electrons. The minimum atomic E-state index is 0.221. The molecule has 1 aliphatic rings. The Morgan fingerprint density at radius 1 is 1.61 bits per heavy atom. The van der Waals surface area contributed by atoms with E-state index >= 15 is 0 Å². The summed E-state index contributed by atoms with van der Waals surface area (Å²) in [5, 5.41) is 6.90. The zero-order chi connectivity index (χ0) is 13.3. The Hall–Kier alpha value is -1.33. The first-order valence-electron chi connectivity index (χ1n) is 5.53. The van der Waals surface area contributed by atoms with Crippen molar-refractivity contribution < 1.29 is 4.74 Å². The highest BCUT2D eigenvalue weighted by atomic mass is 35.5. The second-order valence-electron chi connectivity index (χ2n) is 4.13. The molecule has 1 aromatic rings. The van der Waals surface area contributed by atoms with Gasteiger partial charge in [0.1, 0.15) is 5.75 Å². The number of rotatable bonds is 2. The monoisotopic (exact) mass is 283 g/mol. The molecule has 1 aliphatic heterocycles. The molecule has 96 valence electrons. The maximum atomic E-state index is 6.11. The van der Waals surface area contributed by atoms with E-state index in [0.29, 0.717) is 17.3 Å². The van der Waals surface area contributed by atoms with E-state index in [-0.39, 0.29) is 11.0 Å². The third-order valence-electron chi connectivity index (χ3n) is 2.84. The molecule has 1 unspecified atom stereocenters. The van der Waals surface area contributed by atoms with E-state index < -0.39 is 0 Å². The lowest BCUT2D eigenvalue weighted by Gasteiger charge is -2.11. The normalized spacial score (nSPS) is 18.7. The number of methoxy groups -OCH3 is 1. The average Bonchev–Trinajstić information content (AvgIpc) is 2.71. The van der Waals surface area contributed by atoms with Gasteiger partial charge in [0.25, 0.3) is 0 Å². The predicted molar refractivity (Wildman–Crippen MR) is 77.2 cm³/mol. The number of nitrogens with two attached hydrogens (primary N) is 1. The van der Waals surface area contributed by atoms with Crippen LogP contribution >= 0.6 is 23.8 Å². The zero-order valence-corrected chi connectivity index (χ0v) is 11.8. The molecule has 4 nitrogen and oxygen atoms in total. The smallest absolute Gasteiger partial charge is 0.186 e. The van der Waals surface area contributed by atoms with Crippen LogP contribution in [0.4, 0.5) is 0 Å². The van der Waals surface area contributed by atoms with Crippen LogP contribution in [0.25, 0.3) is 0 Å². The van der Waals surface area contributed by atoms with Gasteiger partial charge in [-0.2, -0.15) is 5.10 Å². The van der Waals surface area contributed by atoms with E-state index in [1.807, 2.05) is 12.1 Å². The molecule has 0 aromatic heterocycles. The van der Waals surface area contributed by atoms with Crippen molar-refractivity contribution in [3.8, 4) is 5.75 Å². The van der Waals surface area contributed by atoms with Gasteiger partial charge in [0.15, 0.2) is 5.11 Å². The summed E-state index contributed by atoms with van der Waals surface area (Å²) < 4.78 is 5.34. The Morgan fingerprint density at radius 3 is 2.89 bits per heavy atom. The second kappa shape index (κ2) is 5.12. The van der Waals surface area contributed by atoms with Crippen LogP contribution in [0, 0.1) is 5.92 Å². The molecule has 2 rings (SSSR count). The fraction of sp³-hybridized carbons (Fsp3) is 0.333. The quantitative estimate of drug-likeness (QED) is 0.846. The summed E-state index contributed by atoms with van der Waals surface area (Å²) in [6.07, 6.45) is 0. The summed E-state index contributed by atoms with van der Waals surface area (Å²) in [4.78, 5) is 0. The molecular weight excluding hydrogens is 270 g/mol. The van der Waals surface area contributed by atoms with Crippen LogP contribution in [0.15, 0.2) is 23.3 Å². The summed E-state index contributed by atoms with van der Waals surface area (Å²) in [5.74, 6) is 0.855. The highest BCUT2D eigenvalue weighted by molar-refractivity contribution is 7.80. The molecule has 0 saturated heterocycles. The first-order valence-corrected chi connectivity index (χ1v) is 6.31. The number of halogens is 1. The van der Waals surface area contributed by atoms with E-state index in [1.165, 1.54) is 0 Å². The van der Waals surface area contributed by atoms with Crippen LogP contribution in [0.1, 0.15) is 12.5 Å². The van der Waals surface area contributed by atoms with Crippen molar-refractivity contribution in [2.45, 2.75) is 6.92 Å². The molecule has 0 saturated carbocycles. The summed E-state index contributed by atoms with van der Waals surface area (Å²) in [7, 11) is 1.59. The zero-order valence-electron chi connectivity index (χ0n) is 10.2. The Balaban J connectivity index is 2.46. The van der Waals surface area contributed by atoms with E-state index in [9.17, 15) is 0 Å². The summed E-state index contributed by atoms with van der Waals surface area (Å²) in [6.45, 7) is 2.75. The van der Waals surface area contributed by atoms with Gasteiger partial charge in [-0.05, 0) is 24.4 Å². The fourth-order valence-electron chi connectivity index (χ4n) is 1.99. The summed E-state index contributed by atoms with van der Waals surface area (Å²) in [5.41, 5.74) is 7.37. The molecule has 1 atom stereocenters. The van der Waals surface area contributed by atoms with Gasteiger partial charge >= 0.3 is 0 Å². The van der Waals surface area contributed by atoms with Gasteiger partial charge in [-0.3, -0.25) is 0 Å². The van der Waals surface area contributed by atoms with E-state index in [0.717, 1.165) is 11.3 Å². The van der Waals surface area contributed by atoms with Crippen molar-refractivity contribution in [3.05, 3.63) is 28.8 Å². The van der Waals surface area contributed by atoms with Crippen molar-refractivity contribution in [1.82, 2.24) is 5.01 Å². The maximum absolute atomic E-state index is 6.11. The molecular formula is C12H14ClN3OS. The molecule has 0 aliphatic carbocycles. The predicted octanol–water partition coefficient (Wildman–Crippen LogP) is 2.25. The van der Waals surface area contributed by atoms with Gasteiger partial charge in [-0.1, -0.05) is 24.6 Å². The van der Waals surface area contributed by atoms with E-state index in [4.69, 9.17) is 34.3 Å². The number of benzene rings is 1. The minimum Gasteiger partial charge on any atom is -0.494 e. The number of ether oxygens (including phenoxy) is 1. The molecule has 0 spiro atoms. The summed E-state index contributed by atoms with van der Waals surface area (Å²) in [6, 6.07) is 5.59.